The van der Waals surface area contributed by atoms with Gasteiger partial charge in [-0.25, -0.2) is 0 Å². The molecule has 0 aliphatic heterocycles. The van der Waals surface area contributed by atoms with Gasteiger partial charge in [0.25, 0.3) is 0 Å². The molecule has 1 aromatic rings. The van der Waals surface area contributed by atoms with Gasteiger partial charge in [-0.2, -0.15) is 0 Å². The Hall–Kier alpha value is -2.29. The standard InChI is InChI=1S/C16H19NO2/c1-5-15(18-3)9-6-13(2)12-17-14-7-10-16(19-4)11-8-14/h5-12H,1H2,2-4H3/b13-6+,15-9+,17-12+. The lowest BCUT2D eigenvalue weighted by Crippen LogP contribution is -1.82. The largest absolute Gasteiger partial charge is 0.497 e. The molecule has 0 heterocycles. The van der Waals surface area contributed by atoms with Crippen molar-refractivity contribution >= 4 is 11.9 Å². The normalized spacial score (nSPS) is 12.6. The molecule has 3 nitrogen and oxygen atoms in total. The van der Waals surface area contributed by atoms with Gasteiger partial charge >= 0.3 is 0 Å². The van der Waals surface area contributed by atoms with E-state index in [-0.39, 0.29) is 0 Å². The van der Waals surface area contributed by atoms with E-state index in [0.29, 0.717) is 0 Å². The van der Waals surface area contributed by atoms with Gasteiger partial charge in [-0.15, -0.1) is 0 Å². The molecule has 0 spiro atoms. The van der Waals surface area contributed by atoms with E-state index < -0.39 is 0 Å². The number of ether oxygens (including phenoxy) is 2. The van der Waals surface area contributed by atoms with E-state index in [1.807, 2.05) is 43.3 Å². The van der Waals surface area contributed by atoms with Gasteiger partial charge in [-0.05, 0) is 48.9 Å². The average molecular weight is 257 g/mol. The van der Waals surface area contributed by atoms with Crippen LogP contribution in [0, 0.1) is 0 Å². The Morgan fingerprint density at radius 1 is 1.16 bits per heavy atom. The lowest BCUT2D eigenvalue weighted by molar-refractivity contribution is 0.307. The summed E-state index contributed by atoms with van der Waals surface area (Å²) in [7, 11) is 3.26. The zero-order valence-corrected chi connectivity index (χ0v) is 11.6. The number of hydrogen-bond donors (Lipinski definition) is 0. The molecular formula is C16H19NO2. The molecule has 0 bridgehead atoms. The van der Waals surface area contributed by atoms with Crippen molar-refractivity contribution in [2.45, 2.75) is 6.92 Å². The van der Waals surface area contributed by atoms with Crippen LogP contribution in [-0.4, -0.2) is 20.4 Å². The summed E-state index contributed by atoms with van der Waals surface area (Å²) in [6, 6.07) is 7.57. The van der Waals surface area contributed by atoms with E-state index in [2.05, 4.69) is 11.6 Å². The molecule has 0 atom stereocenters. The van der Waals surface area contributed by atoms with Crippen LogP contribution in [0.2, 0.25) is 0 Å². The molecule has 0 fully saturated rings. The second kappa shape index (κ2) is 7.93. The molecule has 0 unspecified atom stereocenters. The topological polar surface area (TPSA) is 30.8 Å². The zero-order chi connectivity index (χ0) is 14.1. The number of aliphatic imine (C=N–C) groups is 1. The summed E-state index contributed by atoms with van der Waals surface area (Å²) in [6.45, 7) is 5.62. The minimum Gasteiger partial charge on any atom is -0.497 e. The molecule has 0 aromatic heterocycles. The van der Waals surface area contributed by atoms with Gasteiger partial charge in [0.1, 0.15) is 11.5 Å². The number of benzene rings is 1. The van der Waals surface area contributed by atoms with E-state index in [1.54, 1.807) is 26.5 Å². The van der Waals surface area contributed by atoms with Crippen LogP contribution < -0.4 is 4.74 Å². The zero-order valence-electron chi connectivity index (χ0n) is 11.6. The Morgan fingerprint density at radius 2 is 1.84 bits per heavy atom. The number of allylic oxidation sites excluding steroid dienone is 4. The summed E-state index contributed by atoms with van der Waals surface area (Å²) in [4.78, 5) is 4.37. The Balaban J connectivity index is 2.71. The van der Waals surface area contributed by atoms with Crippen molar-refractivity contribution < 1.29 is 9.47 Å². The molecule has 1 aromatic carbocycles. The first-order valence-electron chi connectivity index (χ1n) is 5.92. The smallest absolute Gasteiger partial charge is 0.119 e. The summed E-state index contributed by atoms with van der Waals surface area (Å²) in [5, 5.41) is 0. The van der Waals surface area contributed by atoms with Gasteiger partial charge < -0.3 is 9.47 Å². The molecule has 1 rings (SSSR count). The molecular weight excluding hydrogens is 238 g/mol. The highest BCUT2D eigenvalue weighted by atomic mass is 16.5. The quantitative estimate of drug-likeness (QED) is 0.437. The average Bonchev–Trinajstić information content (AvgIpc) is 2.46. The fraction of sp³-hybridized carbons (Fsp3) is 0.188. The van der Waals surface area contributed by atoms with Gasteiger partial charge in [0.2, 0.25) is 0 Å². The number of hydrogen-bond acceptors (Lipinski definition) is 3. The van der Waals surface area contributed by atoms with E-state index in [1.165, 1.54) is 0 Å². The van der Waals surface area contributed by atoms with Gasteiger partial charge in [-0.1, -0.05) is 12.7 Å². The summed E-state index contributed by atoms with van der Waals surface area (Å²) in [5.74, 6) is 1.54. The SMILES string of the molecule is C=C\C(=C/C=C(C)/C=N/c1ccc(OC)cc1)OC. The van der Waals surface area contributed by atoms with Crippen molar-refractivity contribution in [1.82, 2.24) is 0 Å². The molecule has 0 aliphatic carbocycles. The third-order valence-corrected chi connectivity index (χ3v) is 2.44. The van der Waals surface area contributed by atoms with Gasteiger partial charge in [-0.3, -0.25) is 4.99 Å². The van der Waals surface area contributed by atoms with Gasteiger partial charge in [0.05, 0.1) is 19.9 Å². The Morgan fingerprint density at radius 3 is 2.37 bits per heavy atom. The van der Waals surface area contributed by atoms with E-state index in [4.69, 9.17) is 9.47 Å². The Kier molecular flexibility index (Phi) is 6.16. The van der Waals surface area contributed by atoms with Crippen LogP contribution in [0.3, 0.4) is 0 Å². The minimum absolute atomic E-state index is 0.720. The van der Waals surface area contributed by atoms with Gasteiger partial charge in [0.15, 0.2) is 0 Å². The second-order valence-electron chi connectivity index (χ2n) is 3.84. The maximum atomic E-state index is 5.09. The molecule has 0 saturated carbocycles. The molecule has 0 radical (unpaired) electrons. The first-order chi connectivity index (χ1) is 9.19. The molecule has 0 N–H and O–H groups in total. The minimum atomic E-state index is 0.720. The maximum Gasteiger partial charge on any atom is 0.119 e. The van der Waals surface area contributed by atoms with Crippen molar-refractivity contribution in [1.29, 1.82) is 0 Å². The monoisotopic (exact) mass is 257 g/mol. The van der Waals surface area contributed by atoms with Gasteiger partial charge in [0, 0.05) is 6.21 Å². The highest BCUT2D eigenvalue weighted by molar-refractivity contribution is 5.80. The first-order valence-corrected chi connectivity index (χ1v) is 5.92. The van der Waals surface area contributed by atoms with Crippen molar-refractivity contribution in [3.8, 4) is 5.75 Å². The van der Waals surface area contributed by atoms with Crippen LogP contribution in [0.15, 0.2) is 65.4 Å². The molecule has 3 heteroatoms. The third kappa shape index (κ3) is 5.25. The molecule has 19 heavy (non-hydrogen) atoms. The lowest BCUT2D eigenvalue weighted by atomic mass is 10.2. The molecule has 100 valence electrons. The first kappa shape index (κ1) is 14.8. The van der Waals surface area contributed by atoms with E-state index >= 15 is 0 Å². The van der Waals surface area contributed by atoms with E-state index in [0.717, 1.165) is 22.8 Å². The van der Waals surface area contributed by atoms with Crippen LogP contribution in [0.25, 0.3) is 0 Å². The predicted octanol–water partition coefficient (Wildman–Crippen LogP) is 4.06. The fourth-order valence-corrected chi connectivity index (χ4v) is 1.32. The van der Waals surface area contributed by atoms with Crippen molar-refractivity contribution in [2.24, 2.45) is 4.99 Å². The molecule has 0 amide bonds. The summed E-state index contributed by atoms with van der Waals surface area (Å²) in [5.41, 5.74) is 1.90. The second-order valence-corrected chi connectivity index (χ2v) is 3.84. The van der Waals surface area contributed by atoms with Crippen molar-refractivity contribution in [2.75, 3.05) is 14.2 Å². The summed E-state index contributed by atoms with van der Waals surface area (Å²) in [6.07, 6.45) is 7.23. The summed E-state index contributed by atoms with van der Waals surface area (Å²) >= 11 is 0. The van der Waals surface area contributed by atoms with Crippen LogP contribution >= 0.6 is 0 Å². The van der Waals surface area contributed by atoms with Crippen LogP contribution in [0.1, 0.15) is 6.92 Å². The highest BCUT2D eigenvalue weighted by Gasteiger charge is 1.91. The van der Waals surface area contributed by atoms with Crippen LogP contribution in [0.5, 0.6) is 5.75 Å². The molecule has 0 aliphatic rings. The van der Waals surface area contributed by atoms with Crippen molar-refractivity contribution in [3.63, 3.8) is 0 Å². The van der Waals surface area contributed by atoms with Crippen molar-refractivity contribution in [3.05, 3.63) is 60.4 Å². The third-order valence-electron chi connectivity index (χ3n) is 2.44. The predicted molar refractivity (Wildman–Crippen MR) is 80.2 cm³/mol. The molecule has 0 saturated heterocycles. The number of rotatable bonds is 6. The van der Waals surface area contributed by atoms with E-state index in [9.17, 15) is 0 Å². The Labute approximate surface area is 114 Å². The number of nitrogens with zero attached hydrogens (tertiary/aromatic N) is 1. The number of methoxy groups -OCH3 is 2. The maximum absolute atomic E-state index is 5.09. The lowest BCUT2D eigenvalue weighted by Gasteiger charge is -1.99. The fourth-order valence-electron chi connectivity index (χ4n) is 1.32. The summed E-state index contributed by atoms with van der Waals surface area (Å²) < 4.78 is 10.2. The highest BCUT2D eigenvalue weighted by Crippen LogP contribution is 2.17. The Bertz CT molecular complexity index is 496. The van der Waals surface area contributed by atoms with Crippen LogP contribution in [0.4, 0.5) is 5.69 Å². The van der Waals surface area contributed by atoms with Crippen LogP contribution in [-0.2, 0) is 4.74 Å².